The van der Waals surface area contributed by atoms with Gasteiger partial charge in [-0.1, -0.05) is 93.6 Å². The van der Waals surface area contributed by atoms with Gasteiger partial charge < -0.3 is 0 Å². The Kier molecular flexibility index (Phi) is 3.57. The van der Waals surface area contributed by atoms with E-state index in [1.54, 1.807) is 0 Å². The van der Waals surface area contributed by atoms with Crippen LogP contribution in [0.2, 0.25) is 0 Å². The van der Waals surface area contributed by atoms with Crippen molar-refractivity contribution in [3.63, 3.8) is 0 Å². The first kappa shape index (κ1) is 15.2. The molecule has 1 unspecified atom stereocenters. The average molecular weight is 312 g/mol. The number of allylic oxidation sites excluding steroid dienone is 1. The van der Waals surface area contributed by atoms with Crippen LogP contribution >= 0.6 is 0 Å². The van der Waals surface area contributed by atoms with E-state index < -0.39 is 0 Å². The summed E-state index contributed by atoms with van der Waals surface area (Å²) in [5.41, 5.74) is 5.88. The molecular formula is C24H24. The molecule has 0 fully saturated rings. The fourth-order valence-electron chi connectivity index (χ4n) is 3.78. The Labute approximate surface area is 144 Å². The van der Waals surface area contributed by atoms with Crippen molar-refractivity contribution in [1.82, 2.24) is 0 Å². The van der Waals surface area contributed by atoms with Crippen LogP contribution in [-0.4, -0.2) is 0 Å². The van der Waals surface area contributed by atoms with Crippen LogP contribution in [-0.2, 0) is 5.41 Å². The highest BCUT2D eigenvalue weighted by atomic mass is 14.2. The summed E-state index contributed by atoms with van der Waals surface area (Å²) in [6, 6.07) is 22.5. The van der Waals surface area contributed by atoms with E-state index in [-0.39, 0.29) is 5.41 Å². The van der Waals surface area contributed by atoms with Gasteiger partial charge in [-0.3, -0.25) is 0 Å². The monoisotopic (exact) mass is 312 g/mol. The average Bonchev–Trinajstić information content (AvgIpc) is 2.60. The Morgan fingerprint density at radius 1 is 0.833 bits per heavy atom. The van der Waals surface area contributed by atoms with Gasteiger partial charge in [-0.2, -0.15) is 0 Å². The van der Waals surface area contributed by atoms with Crippen LogP contribution in [0.3, 0.4) is 0 Å². The SMILES string of the molecule is CC(C)(C)c1ccc(C2CC=Cc3c2ccc2ccccc32)cc1. The van der Waals surface area contributed by atoms with Gasteiger partial charge in [0, 0.05) is 5.92 Å². The molecule has 0 nitrogen and oxygen atoms in total. The first-order valence-corrected chi connectivity index (χ1v) is 8.83. The molecule has 0 saturated carbocycles. The Morgan fingerprint density at radius 3 is 2.33 bits per heavy atom. The van der Waals surface area contributed by atoms with Crippen LogP contribution in [0.15, 0.2) is 66.7 Å². The van der Waals surface area contributed by atoms with E-state index in [0.717, 1.165) is 6.42 Å². The fraction of sp³-hybridized carbons (Fsp3) is 0.250. The molecule has 1 aliphatic carbocycles. The molecule has 0 bridgehead atoms. The van der Waals surface area contributed by atoms with Gasteiger partial charge in [0.05, 0.1) is 0 Å². The molecule has 1 aliphatic rings. The van der Waals surface area contributed by atoms with E-state index in [4.69, 9.17) is 0 Å². The lowest BCUT2D eigenvalue weighted by Gasteiger charge is -2.25. The van der Waals surface area contributed by atoms with E-state index in [0.29, 0.717) is 5.92 Å². The first-order valence-electron chi connectivity index (χ1n) is 8.83. The van der Waals surface area contributed by atoms with E-state index >= 15 is 0 Å². The van der Waals surface area contributed by atoms with Gasteiger partial charge in [0.25, 0.3) is 0 Å². The van der Waals surface area contributed by atoms with Gasteiger partial charge in [-0.15, -0.1) is 0 Å². The Hall–Kier alpha value is -2.34. The van der Waals surface area contributed by atoms with Crippen molar-refractivity contribution >= 4 is 16.8 Å². The molecule has 24 heavy (non-hydrogen) atoms. The summed E-state index contributed by atoms with van der Waals surface area (Å²) in [4.78, 5) is 0. The van der Waals surface area contributed by atoms with E-state index in [1.807, 2.05) is 0 Å². The third-order valence-electron chi connectivity index (χ3n) is 5.22. The minimum atomic E-state index is 0.207. The van der Waals surface area contributed by atoms with Crippen LogP contribution < -0.4 is 0 Å². The molecule has 0 heterocycles. The predicted octanol–water partition coefficient (Wildman–Crippen LogP) is 6.69. The quantitative estimate of drug-likeness (QED) is 0.470. The fourth-order valence-corrected chi connectivity index (χ4v) is 3.78. The molecule has 0 radical (unpaired) electrons. The molecule has 3 aromatic carbocycles. The van der Waals surface area contributed by atoms with Gasteiger partial charge in [-0.05, 0) is 44.9 Å². The second-order valence-electron chi connectivity index (χ2n) is 7.85. The Morgan fingerprint density at radius 2 is 1.58 bits per heavy atom. The maximum Gasteiger partial charge on any atom is 0.0130 e. The molecule has 1 atom stereocenters. The zero-order valence-corrected chi connectivity index (χ0v) is 14.7. The summed E-state index contributed by atoms with van der Waals surface area (Å²) in [5.74, 6) is 0.462. The molecule has 0 N–H and O–H groups in total. The summed E-state index contributed by atoms with van der Waals surface area (Å²) in [6.07, 6.45) is 5.72. The molecule has 0 saturated heterocycles. The van der Waals surface area contributed by atoms with E-state index in [2.05, 4.69) is 93.6 Å². The highest BCUT2D eigenvalue weighted by Gasteiger charge is 2.21. The minimum absolute atomic E-state index is 0.207. The van der Waals surface area contributed by atoms with E-state index in [9.17, 15) is 0 Å². The van der Waals surface area contributed by atoms with Crippen molar-refractivity contribution in [3.05, 3.63) is 89.0 Å². The molecule has 120 valence electrons. The lowest BCUT2D eigenvalue weighted by molar-refractivity contribution is 0.589. The Bertz CT molecular complexity index is 905. The highest BCUT2D eigenvalue weighted by molar-refractivity contribution is 5.92. The maximum atomic E-state index is 2.33. The molecule has 0 amide bonds. The predicted molar refractivity (Wildman–Crippen MR) is 105 cm³/mol. The number of hydrogen-bond donors (Lipinski definition) is 0. The second kappa shape index (κ2) is 5.63. The highest BCUT2D eigenvalue weighted by Crippen LogP contribution is 2.39. The summed E-state index contributed by atoms with van der Waals surface area (Å²) < 4.78 is 0. The van der Waals surface area contributed by atoms with Gasteiger partial charge in [0.1, 0.15) is 0 Å². The molecule has 0 aromatic heterocycles. The summed E-state index contributed by atoms with van der Waals surface area (Å²) >= 11 is 0. The standard InChI is InChI=1S/C24H24/c1-24(2,3)19-14-11-18(12-15-19)21-9-6-10-22-20-8-5-4-7-17(20)13-16-23(21)22/h4-8,10-16,21H,9H2,1-3H3. The van der Waals surface area contributed by atoms with Crippen molar-refractivity contribution in [2.45, 2.75) is 38.5 Å². The zero-order valence-electron chi connectivity index (χ0n) is 14.7. The first-order chi connectivity index (χ1) is 11.5. The Balaban J connectivity index is 1.80. The van der Waals surface area contributed by atoms with Crippen molar-refractivity contribution in [1.29, 1.82) is 0 Å². The molecule has 3 aromatic rings. The smallest absolute Gasteiger partial charge is 0.0130 e. The van der Waals surface area contributed by atoms with Crippen molar-refractivity contribution in [3.8, 4) is 0 Å². The molecule has 0 aliphatic heterocycles. The van der Waals surface area contributed by atoms with Crippen LogP contribution in [0.4, 0.5) is 0 Å². The van der Waals surface area contributed by atoms with Crippen LogP contribution in [0.5, 0.6) is 0 Å². The van der Waals surface area contributed by atoms with Crippen LogP contribution in [0.1, 0.15) is 55.4 Å². The number of hydrogen-bond acceptors (Lipinski definition) is 0. The van der Waals surface area contributed by atoms with Gasteiger partial charge in [0.2, 0.25) is 0 Å². The van der Waals surface area contributed by atoms with Gasteiger partial charge in [-0.25, -0.2) is 0 Å². The third-order valence-corrected chi connectivity index (χ3v) is 5.22. The van der Waals surface area contributed by atoms with Crippen LogP contribution in [0, 0.1) is 0 Å². The third kappa shape index (κ3) is 2.57. The zero-order chi connectivity index (χ0) is 16.7. The molecule has 0 heteroatoms. The second-order valence-corrected chi connectivity index (χ2v) is 7.85. The molecular weight excluding hydrogens is 288 g/mol. The molecule has 0 spiro atoms. The summed E-state index contributed by atoms with van der Waals surface area (Å²) in [5, 5.41) is 2.69. The van der Waals surface area contributed by atoms with Gasteiger partial charge in [0.15, 0.2) is 0 Å². The van der Waals surface area contributed by atoms with Crippen molar-refractivity contribution in [2.75, 3.05) is 0 Å². The van der Waals surface area contributed by atoms with Crippen LogP contribution in [0.25, 0.3) is 16.8 Å². The molecule has 4 rings (SSSR count). The number of benzene rings is 3. The number of fused-ring (bicyclic) bond motifs is 3. The lowest BCUT2D eigenvalue weighted by Crippen LogP contribution is -2.11. The summed E-state index contributed by atoms with van der Waals surface area (Å²) in [6.45, 7) is 6.81. The topological polar surface area (TPSA) is 0 Å². The minimum Gasteiger partial charge on any atom is -0.0830 e. The number of rotatable bonds is 1. The van der Waals surface area contributed by atoms with Crippen molar-refractivity contribution < 1.29 is 0 Å². The van der Waals surface area contributed by atoms with E-state index in [1.165, 1.54) is 33.0 Å². The normalized spacial score (nSPS) is 17.0. The maximum absolute atomic E-state index is 2.33. The van der Waals surface area contributed by atoms with Crippen molar-refractivity contribution in [2.24, 2.45) is 0 Å². The van der Waals surface area contributed by atoms with Gasteiger partial charge >= 0.3 is 0 Å². The lowest BCUT2D eigenvalue weighted by atomic mass is 9.79. The largest absolute Gasteiger partial charge is 0.0830 e. The summed E-state index contributed by atoms with van der Waals surface area (Å²) in [7, 11) is 0.